The van der Waals surface area contributed by atoms with Gasteiger partial charge < -0.3 is 15.1 Å². The molecule has 1 N–H and O–H groups in total. The second-order valence-corrected chi connectivity index (χ2v) is 6.67. The van der Waals surface area contributed by atoms with E-state index in [-0.39, 0.29) is 11.8 Å². The number of hydrogen-bond acceptors (Lipinski definition) is 5. The van der Waals surface area contributed by atoms with E-state index < -0.39 is 6.04 Å². The van der Waals surface area contributed by atoms with Crippen LogP contribution >= 0.6 is 0 Å². The van der Waals surface area contributed by atoms with Gasteiger partial charge in [0.15, 0.2) is 0 Å². The van der Waals surface area contributed by atoms with E-state index in [1.165, 1.54) is 0 Å². The fraction of sp³-hybridized carbons (Fsp3) is 0.444. The Hall–Kier alpha value is -2.74. The first-order valence-electron chi connectivity index (χ1n) is 8.99. The highest BCUT2D eigenvalue weighted by Crippen LogP contribution is 2.17. The topological polar surface area (TPSA) is 83.4 Å². The SMILES string of the molecule is O=C(C1CNCCN1C(=O)c1ccc(-n2cnnc2)cc1)N1CCCC1. The van der Waals surface area contributed by atoms with Crippen LogP contribution in [0.3, 0.4) is 0 Å². The summed E-state index contributed by atoms with van der Waals surface area (Å²) in [5.41, 5.74) is 1.47. The number of nitrogens with one attached hydrogen (secondary N) is 1. The van der Waals surface area contributed by atoms with Gasteiger partial charge in [-0.15, -0.1) is 10.2 Å². The number of amides is 2. The van der Waals surface area contributed by atoms with E-state index in [0.717, 1.165) is 31.6 Å². The lowest BCUT2D eigenvalue weighted by atomic mass is 10.1. The van der Waals surface area contributed by atoms with Gasteiger partial charge in [0.25, 0.3) is 5.91 Å². The molecule has 2 saturated heterocycles. The van der Waals surface area contributed by atoms with Crippen molar-refractivity contribution in [1.29, 1.82) is 0 Å². The third-order valence-electron chi connectivity index (χ3n) is 5.04. The van der Waals surface area contributed by atoms with Crippen molar-refractivity contribution < 1.29 is 9.59 Å². The molecule has 2 aliphatic rings. The summed E-state index contributed by atoms with van der Waals surface area (Å²) in [7, 11) is 0. The first-order chi connectivity index (χ1) is 12.7. The molecule has 26 heavy (non-hydrogen) atoms. The van der Waals surface area contributed by atoms with Crippen LogP contribution < -0.4 is 5.32 Å². The summed E-state index contributed by atoms with van der Waals surface area (Å²) >= 11 is 0. The fourth-order valence-electron chi connectivity index (χ4n) is 3.59. The smallest absolute Gasteiger partial charge is 0.254 e. The highest BCUT2D eigenvalue weighted by atomic mass is 16.2. The summed E-state index contributed by atoms with van der Waals surface area (Å²) in [6.45, 7) is 3.35. The van der Waals surface area contributed by atoms with E-state index in [0.29, 0.717) is 25.2 Å². The van der Waals surface area contributed by atoms with Crippen molar-refractivity contribution in [2.24, 2.45) is 0 Å². The molecule has 136 valence electrons. The van der Waals surface area contributed by atoms with Gasteiger partial charge in [-0.3, -0.25) is 14.2 Å². The Bertz CT molecular complexity index is 767. The number of hydrogen-bond donors (Lipinski definition) is 1. The highest BCUT2D eigenvalue weighted by Gasteiger charge is 2.35. The first-order valence-corrected chi connectivity index (χ1v) is 8.99. The van der Waals surface area contributed by atoms with Crippen molar-refractivity contribution in [3.05, 3.63) is 42.5 Å². The number of aromatic nitrogens is 3. The quantitative estimate of drug-likeness (QED) is 0.857. The van der Waals surface area contributed by atoms with Crippen molar-refractivity contribution >= 4 is 11.8 Å². The molecule has 8 nitrogen and oxygen atoms in total. The molecule has 8 heteroatoms. The molecule has 2 aromatic rings. The lowest BCUT2D eigenvalue weighted by Crippen LogP contribution is -2.59. The second-order valence-electron chi connectivity index (χ2n) is 6.67. The van der Waals surface area contributed by atoms with Crippen molar-refractivity contribution in [3.63, 3.8) is 0 Å². The van der Waals surface area contributed by atoms with Crippen molar-refractivity contribution in [3.8, 4) is 5.69 Å². The van der Waals surface area contributed by atoms with Gasteiger partial charge in [0.1, 0.15) is 18.7 Å². The summed E-state index contributed by atoms with van der Waals surface area (Å²) in [6, 6.07) is 6.87. The molecule has 0 saturated carbocycles. The molecule has 1 aromatic carbocycles. The number of likely N-dealkylation sites (tertiary alicyclic amines) is 1. The minimum Gasteiger partial charge on any atom is -0.341 e. The van der Waals surface area contributed by atoms with Crippen LogP contribution in [-0.4, -0.2) is 75.1 Å². The number of piperazine rings is 1. The van der Waals surface area contributed by atoms with Gasteiger partial charge in [-0.05, 0) is 37.1 Å². The number of rotatable bonds is 3. The lowest BCUT2D eigenvalue weighted by Gasteiger charge is -2.37. The third kappa shape index (κ3) is 3.20. The van der Waals surface area contributed by atoms with Gasteiger partial charge in [-0.1, -0.05) is 0 Å². The zero-order chi connectivity index (χ0) is 17.9. The maximum absolute atomic E-state index is 13.0. The number of carbonyl (C=O) groups excluding carboxylic acids is 2. The van der Waals surface area contributed by atoms with Crippen molar-refractivity contribution in [1.82, 2.24) is 29.9 Å². The zero-order valence-electron chi connectivity index (χ0n) is 14.5. The van der Waals surface area contributed by atoms with E-state index in [1.54, 1.807) is 34.3 Å². The molecule has 0 aliphatic carbocycles. The minimum atomic E-state index is -0.424. The summed E-state index contributed by atoms with van der Waals surface area (Å²) in [5, 5.41) is 10.8. The van der Waals surface area contributed by atoms with Crippen LogP contribution in [0.2, 0.25) is 0 Å². The fourth-order valence-corrected chi connectivity index (χ4v) is 3.59. The molecule has 1 unspecified atom stereocenters. The molecule has 0 radical (unpaired) electrons. The Balaban J connectivity index is 1.52. The van der Waals surface area contributed by atoms with Crippen LogP contribution in [0.25, 0.3) is 5.69 Å². The van der Waals surface area contributed by atoms with E-state index in [1.807, 2.05) is 17.0 Å². The van der Waals surface area contributed by atoms with Gasteiger partial charge in [0, 0.05) is 44.0 Å². The second kappa shape index (κ2) is 7.25. The molecule has 2 amide bonds. The average Bonchev–Trinajstić information content (AvgIpc) is 3.41. The first kappa shape index (κ1) is 16.7. The summed E-state index contributed by atoms with van der Waals surface area (Å²) in [6.07, 6.45) is 5.31. The van der Waals surface area contributed by atoms with E-state index >= 15 is 0 Å². The van der Waals surface area contributed by atoms with Gasteiger partial charge in [-0.2, -0.15) is 0 Å². The molecule has 2 fully saturated rings. The predicted octanol–water partition coefficient (Wildman–Crippen LogP) is 0.304. The largest absolute Gasteiger partial charge is 0.341 e. The van der Waals surface area contributed by atoms with Crippen LogP contribution in [0.15, 0.2) is 36.9 Å². The van der Waals surface area contributed by atoms with Gasteiger partial charge in [0.2, 0.25) is 5.91 Å². The standard InChI is InChI=1S/C18H22N6O2/c25-17(14-3-5-15(6-4-14)23-12-20-21-13-23)24-10-7-19-11-16(24)18(26)22-8-1-2-9-22/h3-6,12-13,16,19H,1-2,7-11H2. The number of benzene rings is 1. The Labute approximate surface area is 151 Å². The maximum Gasteiger partial charge on any atom is 0.254 e. The molecule has 2 aliphatic heterocycles. The molecule has 0 bridgehead atoms. The van der Waals surface area contributed by atoms with E-state index in [4.69, 9.17) is 0 Å². The van der Waals surface area contributed by atoms with Crippen LogP contribution in [0, 0.1) is 0 Å². The Morgan fingerprint density at radius 2 is 1.69 bits per heavy atom. The molecular weight excluding hydrogens is 332 g/mol. The number of carbonyl (C=O) groups is 2. The Morgan fingerprint density at radius 3 is 2.38 bits per heavy atom. The summed E-state index contributed by atoms with van der Waals surface area (Å²) in [5.74, 6) is -0.0384. The number of nitrogens with zero attached hydrogens (tertiary/aromatic N) is 5. The molecule has 3 heterocycles. The monoisotopic (exact) mass is 354 g/mol. The molecule has 0 spiro atoms. The van der Waals surface area contributed by atoms with Crippen LogP contribution in [0.4, 0.5) is 0 Å². The van der Waals surface area contributed by atoms with Crippen molar-refractivity contribution in [2.75, 3.05) is 32.7 Å². The molecule has 4 rings (SSSR count). The van der Waals surface area contributed by atoms with Crippen LogP contribution in [0.5, 0.6) is 0 Å². The van der Waals surface area contributed by atoms with Gasteiger partial charge in [-0.25, -0.2) is 0 Å². The maximum atomic E-state index is 13.0. The third-order valence-corrected chi connectivity index (χ3v) is 5.04. The van der Waals surface area contributed by atoms with Gasteiger partial charge >= 0.3 is 0 Å². The zero-order valence-corrected chi connectivity index (χ0v) is 14.5. The molecule has 1 aromatic heterocycles. The summed E-state index contributed by atoms with van der Waals surface area (Å²) < 4.78 is 1.78. The normalized spacial score (nSPS) is 20.4. The van der Waals surface area contributed by atoms with E-state index in [2.05, 4.69) is 15.5 Å². The Morgan fingerprint density at radius 1 is 1.00 bits per heavy atom. The van der Waals surface area contributed by atoms with Crippen molar-refractivity contribution in [2.45, 2.75) is 18.9 Å². The van der Waals surface area contributed by atoms with Crippen LogP contribution in [-0.2, 0) is 4.79 Å². The lowest BCUT2D eigenvalue weighted by molar-refractivity contribution is -0.135. The Kier molecular flexibility index (Phi) is 4.66. The summed E-state index contributed by atoms with van der Waals surface area (Å²) in [4.78, 5) is 29.4. The molecular formula is C18H22N6O2. The van der Waals surface area contributed by atoms with Gasteiger partial charge in [0.05, 0.1) is 0 Å². The minimum absolute atomic E-state index is 0.0594. The highest BCUT2D eigenvalue weighted by molar-refractivity contribution is 5.98. The average molecular weight is 354 g/mol. The molecule has 1 atom stereocenters. The predicted molar refractivity (Wildman–Crippen MR) is 94.9 cm³/mol. The van der Waals surface area contributed by atoms with Crippen LogP contribution in [0.1, 0.15) is 23.2 Å². The van der Waals surface area contributed by atoms with E-state index in [9.17, 15) is 9.59 Å².